The predicted octanol–water partition coefficient (Wildman–Crippen LogP) is 4.29. The summed E-state index contributed by atoms with van der Waals surface area (Å²) in [5.41, 5.74) is 0. The second-order valence-electron chi connectivity index (χ2n) is 1.47. The number of halogens is 5. The van der Waals surface area contributed by atoms with Crippen LogP contribution in [0.3, 0.4) is 0 Å². The highest BCUT2D eigenvalue weighted by atomic mass is 80.0. The Labute approximate surface area is 105 Å². The van der Waals surface area contributed by atoms with Gasteiger partial charge < -0.3 is 0 Å². The van der Waals surface area contributed by atoms with E-state index < -0.39 is 9.97 Å². The molecule has 0 saturated heterocycles. The summed E-state index contributed by atoms with van der Waals surface area (Å²) in [6, 6.07) is 0. The maximum atomic E-state index is 11.0. The lowest BCUT2D eigenvalue weighted by Crippen LogP contribution is -2.09. The van der Waals surface area contributed by atoms with Crippen LogP contribution in [0.25, 0.3) is 0 Å². The van der Waals surface area contributed by atoms with Crippen LogP contribution in [0.2, 0.25) is 0 Å². The molecule has 0 unspecified atom stereocenters. The van der Waals surface area contributed by atoms with Crippen LogP contribution in [-0.4, -0.2) is 8.75 Å². The average molecular weight is 432 g/mol. The highest BCUT2D eigenvalue weighted by Crippen LogP contribution is 2.53. The molecular weight excluding hydrogens is 430 g/mol. The van der Waals surface area contributed by atoms with Crippen molar-refractivity contribution in [2.75, 3.05) is 6.61 Å². The highest BCUT2D eigenvalue weighted by Gasteiger charge is 2.31. The van der Waals surface area contributed by atoms with E-state index in [1.54, 1.807) is 0 Å². The largest absolute Gasteiger partial charge is 0.507 e. The zero-order valence-electron chi connectivity index (χ0n) is 5.18. The third-order valence-electron chi connectivity index (χ3n) is 0.555. The second-order valence-corrected chi connectivity index (χ2v) is 11.0. The van der Waals surface area contributed by atoms with Crippen molar-refractivity contribution in [1.29, 1.82) is 0 Å². The molecule has 0 amide bonds. The first kappa shape index (κ1) is 14.1. The maximum absolute atomic E-state index is 11.0. The molecule has 0 atom stereocenters. The lowest BCUT2D eigenvalue weighted by atomic mass is 10.9. The van der Waals surface area contributed by atoms with Gasteiger partial charge in [0.15, 0.2) is 2.14 Å². The molecule has 0 N–H and O–H groups in total. The van der Waals surface area contributed by atoms with Crippen molar-refractivity contribution in [3.05, 3.63) is 0 Å². The van der Waals surface area contributed by atoms with Crippen LogP contribution in [0.4, 0.5) is 0 Å². The Morgan fingerprint density at radius 2 is 1.67 bits per heavy atom. The van der Waals surface area contributed by atoms with Crippen molar-refractivity contribution in [1.82, 2.24) is 0 Å². The Bertz CT molecular complexity index is 176. The van der Waals surface area contributed by atoms with Crippen LogP contribution in [0, 0.1) is 0 Å². The molecule has 0 aliphatic rings. The number of rotatable bonds is 4. The Morgan fingerprint density at radius 1 is 1.25 bits per heavy atom. The van der Waals surface area contributed by atoms with Gasteiger partial charge in [-0.25, -0.2) is 4.57 Å². The SMILES string of the molecule is O=P(OCl)(OCl)OCC(Br)(Br)Br. The summed E-state index contributed by atoms with van der Waals surface area (Å²) < 4.78 is 22.6. The molecule has 12 heavy (non-hydrogen) atoms. The molecule has 0 saturated carbocycles. The fourth-order valence-corrected chi connectivity index (χ4v) is 2.02. The van der Waals surface area contributed by atoms with Gasteiger partial charge in [-0.2, -0.15) is 8.15 Å². The summed E-state index contributed by atoms with van der Waals surface area (Å²) in [5.74, 6) is 0. The van der Waals surface area contributed by atoms with E-state index in [2.05, 4.69) is 60.5 Å². The summed E-state index contributed by atoms with van der Waals surface area (Å²) in [6.45, 7) is -0.0796. The van der Waals surface area contributed by atoms with E-state index in [0.29, 0.717) is 0 Å². The van der Waals surface area contributed by atoms with Gasteiger partial charge in [-0.15, -0.1) is 0 Å². The Morgan fingerprint density at radius 3 is 1.92 bits per heavy atom. The van der Waals surface area contributed by atoms with Crippen LogP contribution in [0.5, 0.6) is 0 Å². The van der Waals surface area contributed by atoms with E-state index >= 15 is 0 Å². The van der Waals surface area contributed by atoms with Crippen LogP contribution in [0.1, 0.15) is 0 Å². The summed E-state index contributed by atoms with van der Waals surface area (Å²) in [6.07, 6.45) is 0. The molecule has 0 bridgehead atoms. The third-order valence-corrected chi connectivity index (χ3v) is 3.04. The van der Waals surface area contributed by atoms with Gasteiger partial charge in [-0.3, -0.25) is 4.52 Å². The minimum atomic E-state index is -3.84. The standard InChI is InChI=1S/C2H2Br3Cl2O4P/c3-2(4,5)1-9-12(8,10-6)11-7/h1H2. The topological polar surface area (TPSA) is 44.8 Å². The molecule has 0 aromatic rings. The van der Waals surface area contributed by atoms with Crippen LogP contribution in [0.15, 0.2) is 0 Å². The summed E-state index contributed by atoms with van der Waals surface area (Å²) >= 11 is 18.8. The Balaban J connectivity index is 3.99. The maximum Gasteiger partial charge on any atom is 0.507 e. The lowest BCUT2D eigenvalue weighted by molar-refractivity contribution is 0.228. The van der Waals surface area contributed by atoms with E-state index in [1.165, 1.54) is 0 Å². The van der Waals surface area contributed by atoms with Gasteiger partial charge in [0.2, 0.25) is 0 Å². The van der Waals surface area contributed by atoms with Crippen LogP contribution < -0.4 is 0 Å². The smallest absolute Gasteiger partial charge is 0.282 e. The number of hydrogen-bond donors (Lipinski definition) is 0. The first-order chi connectivity index (χ1) is 5.33. The minimum absolute atomic E-state index is 0.0796. The Kier molecular flexibility index (Phi) is 6.92. The van der Waals surface area contributed by atoms with Crippen molar-refractivity contribution < 1.29 is 17.2 Å². The van der Waals surface area contributed by atoms with Crippen molar-refractivity contribution >= 4 is 79.3 Å². The van der Waals surface area contributed by atoms with Crippen molar-refractivity contribution in [2.45, 2.75) is 2.14 Å². The number of hydrogen-bond acceptors (Lipinski definition) is 4. The average Bonchev–Trinajstić information content (AvgIpc) is 1.99. The van der Waals surface area contributed by atoms with E-state index in [9.17, 15) is 4.57 Å². The zero-order valence-corrected chi connectivity index (χ0v) is 12.3. The number of alkyl halides is 3. The predicted molar refractivity (Wildman–Crippen MR) is 56.9 cm³/mol. The second kappa shape index (κ2) is 5.88. The lowest BCUT2D eigenvalue weighted by Gasteiger charge is -2.14. The van der Waals surface area contributed by atoms with E-state index in [1.807, 2.05) is 0 Å². The third kappa shape index (κ3) is 6.56. The minimum Gasteiger partial charge on any atom is -0.282 e. The quantitative estimate of drug-likeness (QED) is 0.492. The monoisotopic (exact) mass is 428 g/mol. The molecule has 0 aliphatic carbocycles. The van der Waals surface area contributed by atoms with Crippen LogP contribution in [-0.2, 0) is 17.2 Å². The van der Waals surface area contributed by atoms with Gasteiger partial charge in [-0.05, 0) is 0 Å². The van der Waals surface area contributed by atoms with Gasteiger partial charge in [-0.1, -0.05) is 47.8 Å². The fraction of sp³-hybridized carbons (Fsp3) is 1.00. The normalized spacial score (nSPS) is 13.4. The molecule has 10 heteroatoms. The fourth-order valence-electron chi connectivity index (χ4n) is 0.203. The molecule has 0 fully saturated rings. The highest BCUT2D eigenvalue weighted by molar-refractivity contribution is 9.39. The summed E-state index contributed by atoms with van der Waals surface area (Å²) in [7, 11) is -3.84. The van der Waals surface area contributed by atoms with Crippen molar-refractivity contribution in [2.24, 2.45) is 0 Å². The van der Waals surface area contributed by atoms with E-state index in [4.69, 9.17) is 23.7 Å². The van der Waals surface area contributed by atoms with E-state index in [-0.39, 0.29) is 6.61 Å². The molecule has 0 radical (unpaired) electrons. The summed E-state index contributed by atoms with van der Waals surface area (Å²) in [4.78, 5) is 0. The molecule has 0 rings (SSSR count). The van der Waals surface area contributed by atoms with Gasteiger partial charge in [0, 0.05) is 0 Å². The van der Waals surface area contributed by atoms with Crippen molar-refractivity contribution in [3.63, 3.8) is 0 Å². The molecular formula is C2H2Br3Cl2O4P. The molecule has 0 spiro atoms. The zero-order chi connectivity index (χ0) is 9.83. The first-order valence-corrected chi connectivity index (χ1v) is 6.70. The Hall–Kier alpha value is 2.13. The summed E-state index contributed by atoms with van der Waals surface area (Å²) in [5, 5.41) is 0. The number of phosphoric acid groups is 1. The van der Waals surface area contributed by atoms with Crippen molar-refractivity contribution in [3.8, 4) is 0 Å². The van der Waals surface area contributed by atoms with Gasteiger partial charge in [0.05, 0.1) is 30.3 Å². The van der Waals surface area contributed by atoms with Crippen LogP contribution >= 0.6 is 79.3 Å². The van der Waals surface area contributed by atoms with E-state index in [0.717, 1.165) is 0 Å². The molecule has 0 aromatic carbocycles. The molecule has 4 nitrogen and oxygen atoms in total. The molecule has 0 heterocycles. The van der Waals surface area contributed by atoms with Gasteiger partial charge >= 0.3 is 7.82 Å². The van der Waals surface area contributed by atoms with Gasteiger partial charge in [0.25, 0.3) is 0 Å². The van der Waals surface area contributed by atoms with Gasteiger partial charge in [0.1, 0.15) is 0 Å². The molecule has 0 aromatic heterocycles. The molecule has 0 aliphatic heterocycles. The molecule has 74 valence electrons. The first-order valence-electron chi connectivity index (χ1n) is 2.25.